The summed E-state index contributed by atoms with van der Waals surface area (Å²) < 4.78 is 13.6. The molecule has 0 saturated carbocycles. The number of nitrogens with one attached hydrogen (secondary N) is 1. The van der Waals surface area contributed by atoms with Crippen molar-refractivity contribution in [1.29, 1.82) is 0 Å². The van der Waals surface area contributed by atoms with Crippen LogP contribution >= 0.6 is 0 Å². The van der Waals surface area contributed by atoms with Crippen molar-refractivity contribution in [3.63, 3.8) is 0 Å². The van der Waals surface area contributed by atoms with E-state index in [1.54, 1.807) is 23.1 Å². The third kappa shape index (κ3) is 4.31. The zero-order valence-electron chi connectivity index (χ0n) is 12.1. The molecule has 0 aliphatic heterocycles. The first-order valence-corrected chi connectivity index (χ1v) is 7.05. The number of urea groups is 1. The van der Waals surface area contributed by atoms with Gasteiger partial charge in [0.05, 0.1) is 5.69 Å². The van der Waals surface area contributed by atoms with Crippen LogP contribution in [0.3, 0.4) is 0 Å². The van der Waals surface area contributed by atoms with Crippen LogP contribution in [-0.4, -0.2) is 17.5 Å². The molecule has 21 heavy (non-hydrogen) atoms. The Kier molecular flexibility index (Phi) is 5.32. The lowest BCUT2D eigenvalue weighted by atomic mass is 10.2. The minimum absolute atomic E-state index is 0.205. The molecular weight excluding hydrogens is 267 g/mol. The first-order valence-electron chi connectivity index (χ1n) is 7.05. The Balaban J connectivity index is 2.07. The second kappa shape index (κ2) is 7.43. The molecule has 0 bridgehead atoms. The van der Waals surface area contributed by atoms with Crippen molar-refractivity contribution >= 4 is 11.7 Å². The first kappa shape index (κ1) is 15.0. The van der Waals surface area contributed by atoms with Gasteiger partial charge in [-0.05, 0) is 24.1 Å². The smallest absolute Gasteiger partial charge is 0.320 e. The van der Waals surface area contributed by atoms with Crippen LogP contribution in [0, 0.1) is 5.82 Å². The number of carbonyl (C=O) groups excluding carboxylic acids is 1. The zero-order valence-corrected chi connectivity index (χ0v) is 12.1. The van der Waals surface area contributed by atoms with E-state index in [-0.39, 0.29) is 11.7 Å². The van der Waals surface area contributed by atoms with Crippen LogP contribution in [0.15, 0.2) is 54.6 Å². The summed E-state index contributed by atoms with van der Waals surface area (Å²) in [6, 6.07) is 15.6. The normalized spacial score (nSPS) is 10.2. The molecule has 0 radical (unpaired) electrons. The van der Waals surface area contributed by atoms with Gasteiger partial charge in [-0.1, -0.05) is 49.4 Å². The lowest BCUT2D eigenvalue weighted by Crippen LogP contribution is -2.35. The van der Waals surface area contributed by atoms with Crippen LogP contribution in [0.5, 0.6) is 0 Å². The summed E-state index contributed by atoms with van der Waals surface area (Å²) in [5.41, 5.74) is 1.26. The zero-order chi connectivity index (χ0) is 15.1. The molecule has 0 unspecified atom stereocenters. The Bertz CT molecular complexity index is 586. The quantitative estimate of drug-likeness (QED) is 0.874. The number of rotatable bonds is 5. The average Bonchev–Trinajstić information content (AvgIpc) is 2.50. The Morgan fingerprint density at radius 3 is 2.43 bits per heavy atom. The summed E-state index contributed by atoms with van der Waals surface area (Å²) in [4.78, 5) is 14.0. The SMILES string of the molecule is CCCN(Cc1ccccc1)C(=O)Nc1ccccc1F. The van der Waals surface area contributed by atoms with E-state index in [1.165, 1.54) is 6.07 Å². The van der Waals surface area contributed by atoms with Gasteiger partial charge >= 0.3 is 6.03 Å². The molecule has 0 fully saturated rings. The minimum atomic E-state index is -0.429. The van der Waals surface area contributed by atoms with Gasteiger partial charge in [0.25, 0.3) is 0 Å². The molecule has 0 spiro atoms. The fraction of sp³-hybridized carbons (Fsp3) is 0.235. The Morgan fingerprint density at radius 2 is 1.76 bits per heavy atom. The van der Waals surface area contributed by atoms with Gasteiger partial charge in [-0.3, -0.25) is 0 Å². The first-order chi connectivity index (χ1) is 10.2. The Labute approximate surface area is 124 Å². The summed E-state index contributed by atoms with van der Waals surface area (Å²) >= 11 is 0. The molecule has 4 heteroatoms. The number of nitrogens with zero attached hydrogens (tertiary/aromatic N) is 1. The summed E-state index contributed by atoms with van der Waals surface area (Å²) in [5, 5.41) is 2.63. The molecular formula is C17H19FN2O. The second-order valence-electron chi connectivity index (χ2n) is 4.82. The fourth-order valence-corrected chi connectivity index (χ4v) is 2.08. The number of halogens is 1. The van der Waals surface area contributed by atoms with Crippen LogP contribution in [0.25, 0.3) is 0 Å². The lowest BCUT2D eigenvalue weighted by Gasteiger charge is -2.22. The molecule has 0 aromatic heterocycles. The second-order valence-corrected chi connectivity index (χ2v) is 4.82. The molecule has 2 rings (SSSR count). The van der Waals surface area contributed by atoms with E-state index in [2.05, 4.69) is 5.32 Å². The number of hydrogen-bond acceptors (Lipinski definition) is 1. The minimum Gasteiger partial charge on any atom is -0.320 e. The van der Waals surface area contributed by atoms with E-state index in [4.69, 9.17) is 0 Å². The number of anilines is 1. The molecule has 110 valence electrons. The highest BCUT2D eigenvalue weighted by Gasteiger charge is 2.14. The van der Waals surface area contributed by atoms with E-state index < -0.39 is 5.82 Å². The maximum Gasteiger partial charge on any atom is 0.322 e. The summed E-state index contributed by atoms with van der Waals surface area (Å²) in [6.07, 6.45) is 0.845. The topological polar surface area (TPSA) is 32.3 Å². The Hall–Kier alpha value is -2.36. The predicted molar refractivity (Wildman–Crippen MR) is 82.6 cm³/mol. The lowest BCUT2D eigenvalue weighted by molar-refractivity contribution is 0.209. The van der Waals surface area contributed by atoms with Gasteiger partial charge in [0, 0.05) is 13.1 Å². The third-order valence-electron chi connectivity index (χ3n) is 3.11. The van der Waals surface area contributed by atoms with E-state index in [0.29, 0.717) is 13.1 Å². The monoisotopic (exact) mass is 286 g/mol. The molecule has 0 aliphatic rings. The van der Waals surface area contributed by atoms with Crippen molar-refractivity contribution in [3.8, 4) is 0 Å². The van der Waals surface area contributed by atoms with Crippen LogP contribution in [0.2, 0.25) is 0 Å². The number of benzene rings is 2. The third-order valence-corrected chi connectivity index (χ3v) is 3.11. The molecule has 0 heterocycles. The van der Waals surface area contributed by atoms with Crippen LogP contribution < -0.4 is 5.32 Å². The van der Waals surface area contributed by atoms with Crippen molar-refractivity contribution in [3.05, 3.63) is 66.0 Å². The number of carbonyl (C=O) groups is 1. The molecule has 2 aromatic carbocycles. The van der Waals surface area contributed by atoms with Gasteiger partial charge in [0.15, 0.2) is 0 Å². The molecule has 0 aliphatic carbocycles. The van der Waals surface area contributed by atoms with E-state index in [9.17, 15) is 9.18 Å². The number of amides is 2. The maximum atomic E-state index is 13.6. The van der Waals surface area contributed by atoms with Gasteiger partial charge in [-0.15, -0.1) is 0 Å². The van der Waals surface area contributed by atoms with Gasteiger partial charge in [-0.2, -0.15) is 0 Å². The highest BCUT2D eigenvalue weighted by molar-refractivity contribution is 5.89. The summed E-state index contributed by atoms with van der Waals surface area (Å²) in [6.45, 7) is 3.14. The van der Waals surface area contributed by atoms with E-state index in [1.807, 2.05) is 37.3 Å². The van der Waals surface area contributed by atoms with Gasteiger partial charge < -0.3 is 10.2 Å². The molecule has 2 amide bonds. The van der Waals surface area contributed by atoms with Crippen molar-refractivity contribution in [2.24, 2.45) is 0 Å². The average molecular weight is 286 g/mol. The largest absolute Gasteiger partial charge is 0.322 e. The van der Waals surface area contributed by atoms with Crippen molar-refractivity contribution in [2.75, 3.05) is 11.9 Å². The highest BCUT2D eigenvalue weighted by atomic mass is 19.1. The molecule has 2 aromatic rings. The van der Waals surface area contributed by atoms with Crippen molar-refractivity contribution < 1.29 is 9.18 Å². The van der Waals surface area contributed by atoms with Gasteiger partial charge in [0.1, 0.15) is 5.82 Å². The van der Waals surface area contributed by atoms with Gasteiger partial charge in [0.2, 0.25) is 0 Å². The summed E-state index contributed by atoms with van der Waals surface area (Å²) in [5.74, 6) is -0.429. The maximum absolute atomic E-state index is 13.6. The number of para-hydroxylation sites is 1. The molecule has 0 saturated heterocycles. The van der Waals surface area contributed by atoms with Crippen LogP contribution in [-0.2, 0) is 6.54 Å². The molecule has 3 nitrogen and oxygen atoms in total. The predicted octanol–water partition coefficient (Wildman–Crippen LogP) is 4.27. The van der Waals surface area contributed by atoms with Crippen molar-refractivity contribution in [1.82, 2.24) is 4.90 Å². The van der Waals surface area contributed by atoms with Crippen LogP contribution in [0.4, 0.5) is 14.9 Å². The molecule has 1 N–H and O–H groups in total. The number of hydrogen-bond donors (Lipinski definition) is 1. The van der Waals surface area contributed by atoms with E-state index in [0.717, 1.165) is 12.0 Å². The van der Waals surface area contributed by atoms with Gasteiger partial charge in [-0.25, -0.2) is 9.18 Å². The fourth-order valence-electron chi connectivity index (χ4n) is 2.08. The van der Waals surface area contributed by atoms with E-state index >= 15 is 0 Å². The summed E-state index contributed by atoms with van der Waals surface area (Å²) in [7, 11) is 0. The molecule has 0 atom stereocenters. The highest BCUT2D eigenvalue weighted by Crippen LogP contribution is 2.14. The Morgan fingerprint density at radius 1 is 1.10 bits per heavy atom. The van der Waals surface area contributed by atoms with Crippen LogP contribution in [0.1, 0.15) is 18.9 Å². The van der Waals surface area contributed by atoms with Crippen molar-refractivity contribution in [2.45, 2.75) is 19.9 Å². The standard InChI is InChI=1S/C17H19FN2O/c1-2-12-20(13-14-8-4-3-5-9-14)17(21)19-16-11-7-6-10-15(16)18/h3-11H,2,12-13H2,1H3,(H,19,21).